The van der Waals surface area contributed by atoms with E-state index >= 15 is 0 Å². The molecule has 2 rings (SSSR count). The van der Waals surface area contributed by atoms with Gasteiger partial charge in [0.25, 0.3) is 0 Å². The number of piperidine rings is 1. The SMILES string of the molecule is CCN1CCC(O)C(Cc2ccncc2)C1. The predicted octanol–water partition coefficient (Wildman–Crippen LogP) is 1.33. The highest BCUT2D eigenvalue weighted by Gasteiger charge is 2.26. The Bertz CT molecular complexity index is 315. The lowest BCUT2D eigenvalue weighted by Gasteiger charge is -2.35. The van der Waals surface area contributed by atoms with Crippen LogP contribution in [0.4, 0.5) is 0 Å². The van der Waals surface area contributed by atoms with Crippen LogP contribution in [0.25, 0.3) is 0 Å². The highest BCUT2D eigenvalue weighted by atomic mass is 16.3. The van der Waals surface area contributed by atoms with Gasteiger partial charge >= 0.3 is 0 Å². The lowest BCUT2D eigenvalue weighted by Crippen LogP contribution is -2.43. The van der Waals surface area contributed by atoms with Crippen molar-refractivity contribution in [1.82, 2.24) is 9.88 Å². The Morgan fingerprint density at radius 1 is 1.44 bits per heavy atom. The molecule has 2 atom stereocenters. The molecule has 1 aliphatic rings. The summed E-state index contributed by atoms with van der Waals surface area (Å²) in [6.07, 6.45) is 5.37. The first-order valence-corrected chi connectivity index (χ1v) is 6.09. The number of hydrogen-bond donors (Lipinski definition) is 1. The van der Waals surface area contributed by atoms with Crippen LogP contribution in [0.2, 0.25) is 0 Å². The van der Waals surface area contributed by atoms with Gasteiger partial charge in [0.15, 0.2) is 0 Å². The van der Waals surface area contributed by atoms with Gasteiger partial charge in [-0.2, -0.15) is 0 Å². The van der Waals surface area contributed by atoms with Gasteiger partial charge in [0, 0.05) is 31.4 Å². The van der Waals surface area contributed by atoms with E-state index < -0.39 is 0 Å². The molecule has 0 spiro atoms. The van der Waals surface area contributed by atoms with Gasteiger partial charge in [-0.15, -0.1) is 0 Å². The second kappa shape index (κ2) is 5.41. The van der Waals surface area contributed by atoms with E-state index in [1.54, 1.807) is 0 Å². The van der Waals surface area contributed by atoms with Crippen molar-refractivity contribution in [3.63, 3.8) is 0 Å². The van der Waals surface area contributed by atoms with Crippen LogP contribution in [0, 0.1) is 5.92 Å². The number of aromatic nitrogens is 1. The van der Waals surface area contributed by atoms with Crippen LogP contribution in [-0.4, -0.2) is 40.7 Å². The Hall–Kier alpha value is -0.930. The molecule has 0 bridgehead atoms. The third-order valence-corrected chi connectivity index (χ3v) is 3.47. The summed E-state index contributed by atoms with van der Waals surface area (Å²) in [7, 11) is 0. The fourth-order valence-corrected chi connectivity index (χ4v) is 2.40. The molecule has 3 nitrogen and oxygen atoms in total. The Morgan fingerprint density at radius 3 is 2.88 bits per heavy atom. The Labute approximate surface area is 97.1 Å². The minimum Gasteiger partial charge on any atom is -0.393 e. The standard InChI is InChI=1S/C13H20N2O/c1-2-15-8-5-13(16)12(10-15)9-11-3-6-14-7-4-11/h3-4,6-7,12-13,16H,2,5,8-10H2,1H3. The van der Waals surface area contributed by atoms with Gasteiger partial charge in [-0.25, -0.2) is 0 Å². The smallest absolute Gasteiger partial charge is 0.0596 e. The molecule has 1 aromatic rings. The first kappa shape index (κ1) is 11.6. The third kappa shape index (κ3) is 2.80. The molecule has 0 saturated carbocycles. The zero-order valence-electron chi connectivity index (χ0n) is 9.84. The van der Waals surface area contributed by atoms with E-state index in [1.807, 2.05) is 24.5 Å². The quantitative estimate of drug-likeness (QED) is 0.835. The van der Waals surface area contributed by atoms with Crippen molar-refractivity contribution in [1.29, 1.82) is 0 Å². The molecule has 0 aliphatic carbocycles. The topological polar surface area (TPSA) is 36.4 Å². The monoisotopic (exact) mass is 220 g/mol. The van der Waals surface area contributed by atoms with Gasteiger partial charge in [-0.3, -0.25) is 4.98 Å². The van der Waals surface area contributed by atoms with Crippen LogP contribution in [0.5, 0.6) is 0 Å². The van der Waals surface area contributed by atoms with Gasteiger partial charge in [0.05, 0.1) is 6.10 Å². The van der Waals surface area contributed by atoms with E-state index in [4.69, 9.17) is 0 Å². The summed E-state index contributed by atoms with van der Waals surface area (Å²) in [5, 5.41) is 10.0. The van der Waals surface area contributed by atoms with Crippen molar-refractivity contribution >= 4 is 0 Å². The maximum Gasteiger partial charge on any atom is 0.0596 e. The molecule has 1 saturated heterocycles. The molecule has 16 heavy (non-hydrogen) atoms. The molecule has 0 amide bonds. The zero-order valence-corrected chi connectivity index (χ0v) is 9.84. The van der Waals surface area contributed by atoms with Gasteiger partial charge in [-0.1, -0.05) is 6.92 Å². The maximum absolute atomic E-state index is 10.0. The fraction of sp³-hybridized carbons (Fsp3) is 0.615. The Kier molecular flexibility index (Phi) is 3.91. The maximum atomic E-state index is 10.0. The largest absolute Gasteiger partial charge is 0.393 e. The Balaban J connectivity index is 1.97. The van der Waals surface area contributed by atoms with Crippen LogP contribution in [0.3, 0.4) is 0 Å². The van der Waals surface area contributed by atoms with E-state index in [0.29, 0.717) is 5.92 Å². The van der Waals surface area contributed by atoms with E-state index in [-0.39, 0.29) is 6.10 Å². The minimum atomic E-state index is -0.143. The van der Waals surface area contributed by atoms with Crippen LogP contribution in [0.1, 0.15) is 18.9 Å². The van der Waals surface area contributed by atoms with Crippen molar-refractivity contribution in [2.24, 2.45) is 5.92 Å². The molecule has 3 heteroatoms. The number of rotatable bonds is 3. The van der Waals surface area contributed by atoms with E-state index in [1.165, 1.54) is 5.56 Å². The van der Waals surface area contributed by atoms with Crippen molar-refractivity contribution in [2.75, 3.05) is 19.6 Å². The van der Waals surface area contributed by atoms with Crippen LogP contribution < -0.4 is 0 Å². The van der Waals surface area contributed by atoms with Crippen molar-refractivity contribution in [3.8, 4) is 0 Å². The summed E-state index contributed by atoms with van der Waals surface area (Å²) >= 11 is 0. The molecule has 0 radical (unpaired) electrons. The average molecular weight is 220 g/mol. The molecule has 1 N–H and O–H groups in total. The molecule has 1 aliphatic heterocycles. The fourth-order valence-electron chi connectivity index (χ4n) is 2.40. The lowest BCUT2D eigenvalue weighted by atomic mass is 9.89. The first-order chi connectivity index (χ1) is 7.79. The molecular weight excluding hydrogens is 200 g/mol. The number of pyridine rings is 1. The summed E-state index contributed by atoms with van der Waals surface area (Å²) in [5.74, 6) is 0.371. The van der Waals surface area contributed by atoms with Crippen LogP contribution in [0.15, 0.2) is 24.5 Å². The summed E-state index contributed by atoms with van der Waals surface area (Å²) in [6.45, 7) is 5.31. The molecule has 1 aromatic heterocycles. The van der Waals surface area contributed by atoms with Gasteiger partial charge in [0.1, 0.15) is 0 Å². The van der Waals surface area contributed by atoms with Crippen molar-refractivity contribution < 1.29 is 5.11 Å². The molecule has 2 heterocycles. The molecule has 88 valence electrons. The molecule has 1 fully saturated rings. The van der Waals surface area contributed by atoms with E-state index in [0.717, 1.165) is 32.5 Å². The van der Waals surface area contributed by atoms with E-state index in [9.17, 15) is 5.11 Å². The van der Waals surface area contributed by atoms with Crippen molar-refractivity contribution in [3.05, 3.63) is 30.1 Å². The third-order valence-electron chi connectivity index (χ3n) is 3.47. The highest BCUT2D eigenvalue weighted by Crippen LogP contribution is 2.20. The number of aliphatic hydroxyl groups excluding tert-OH is 1. The number of nitrogens with zero attached hydrogens (tertiary/aromatic N) is 2. The zero-order chi connectivity index (χ0) is 11.4. The molecule has 0 aromatic carbocycles. The number of hydrogen-bond acceptors (Lipinski definition) is 3. The molecular formula is C13H20N2O. The number of likely N-dealkylation sites (tertiary alicyclic amines) is 1. The first-order valence-electron chi connectivity index (χ1n) is 6.09. The second-order valence-electron chi connectivity index (χ2n) is 4.57. The minimum absolute atomic E-state index is 0.143. The van der Waals surface area contributed by atoms with Crippen molar-refractivity contribution in [2.45, 2.75) is 25.9 Å². The van der Waals surface area contributed by atoms with Crippen LogP contribution in [-0.2, 0) is 6.42 Å². The number of aliphatic hydroxyl groups is 1. The highest BCUT2D eigenvalue weighted by molar-refractivity contribution is 5.11. The van der Waals surface area contributed by atoms with Gasteiger partial charge in [-0.05, 0) is 37.1 Å². The van der Waals surface area contributed by atoms with Gasteiger partial charge < -0.3 is 10.0 Å². The Morgan fingerprint density at radius 2 is 2.19 bits per heavy atom. The summed E-state index contributed by atoms with van der Waals surface area (Å²) in [4.78, 5) is 6.43. The summed E-state index contributed by atoms with van der Waals surface area (Å²) < 4.78 is 0. The average Bonchev–Trinajstić information content (AvgIpc) is 2.33. The summed E-state index contributed by atoms with van der Waals surface area (Å²) in [5.41, 5.74) is 1.28. The van der Waals surface area contributed by atoms with Crippen LogP contribution >= 0.6 is 0 Å². The lowest BCUT2D eigenvalue weighted by molar-refractivity contribution is 0.0290. The van der Waals surface area contributed by atoms with Gasteiger partial charge in [0.2, 0.25) is 0 Å². The second-order valence-corrected chi connectivity index (χ2v) is 4.57. The normalized spacial score (nSPS) is 26.9. The van der Waals surface area contributed by atoms with E-state index in [2.05, 4.69) is 16.8 Å². The molecule has 2 unspecified atom stereocenters. The summed E-state index contributed by atoms with van der Waals surface area (Å²) in [6, 6.07) is 4.08. The predicted molar refractivity (Wildman–Crippen MR) is 64.2 cm³/mol.